The molecule has 0 saturated carbocycles. The molecule has 0 aromatic carbocycles. The van der Waals surface area contributed by atoms with Crippen molar-refractivity contribution in [2.24, 2.45) is 0 Å². The molecule has 0 radical (unpaired) electrons. The smallest absolute Gasteiger partial charge is 0.374 e. The van der Waals surface area contributed by atoms with Gasteiger partial charge in [0.15, 0.2) is 0 Å². The molecule has 0 rings (SSSR count). The van der Waals surface area contributed by atoms with Crippen molar-refractivity contribution in [1.29, 1.82) is 0 Å². The minimum Gasteiger partial charge on any atom is -0.374 e. The molecule has 0 aromatic heterocycles. The molecule has 0 atom stereocenters. The van der Waals surface area contributed by atoms with E-state index < -0.39 is 17.6 Å². The first-order valence-electron chi connectivity index (χ1n) is 20.3. The highest BCUT2D eigenvalue weighted by Crippen LogP contribution is 2.30. The number of rotatable bonds is 38. The summed E-state index contributed by atoms with van der Waals surface area (Å²) in [6, 6.07) is 1.69. The van der Waals surface area contributed by atoms with Gasteiger partial charge in [-0.25, -0.2) is 0 Å². The third-order valence-electron chi connectivity index (χ3n) is 8.70. The van der Waals surface area contributed by atoms with E-state index >= 15 is 0 Å². The zero-order valence-corrected chi connectivity index (χ0v) is 33.7. The Morgan fingerprint density at radius 1 is 0.267 bits per heavy atom. The van der Waals surface area contributed by atoms with Gasteiger partial charge < -0.3 is 21.8 Å². The number of hydrogen-bond acceptors (Lipinski definition) is 5. The van der Waals surface area contributed by atoms with Crippen LogP contribution in [0.3, 0.4) is 0 Å². The molecular formula is C38H82O5Si2. The number of unbranched alkanes of at least 4 members (excludes halogenated alkanes) is 20. The van der Waals surface area contributed by atoms with Gasteiger partial charge in [-0.15, -0.1) is 0 Å². The van der Waals surface area contributed by atoms with Gasteiger partial charge in [-0.1, -0.05) is 183 Å². The molecule has 0 amide bonds. The Labute approximate surface area is 285 Å². The lowest BCUT2D eigenvalue weighted by atomic mass is 10.1. The van der Waals surface area contributed by atoms with Gasteiger partial charge in [-0.2, -0.15) is 0 Å². The van der Waals surface area contributed by atoms with Gasteiger partial charge in [0.1, 0.15) is 0 Å². The van der Waals surface area contributed by atoms with E-state index in [4.69, 9.17) is 21.8 Å². The van der Waals surface area contributed by atoms with Gasteiger partial charge in [-0.3, -0.25) is 0 Å². The topological polar surface area (TPSA) is 46.2 Å². The van der Waals surface area contributed by atoms with Crippen molar-refractivity contribution in [2.45, 2.75) is 221 Å². The number of hydrogen-bond donors (Lipinski definition) is 0. The van der Waals surface area contributed by atoms with Crippen LogP contribution in [0, 0.1) is 0 Å². The third-order valence-corrected chi connectivity index (χ3v) is 16.0. The monoisotopic (exact) mass is 675 g/mol. The fourth-order valence-corrected chi connectivity index (χ4v) is 13.3. The first-order valence-corrected chi connectivity index (χ1v) is 24.2. The average molecular weight is 675 g/mol. The molecule has 0 aliphatic heterocycles. The summed E-state index contributed by atoms with van der Waals surface area (Å²) in [4.78, 5) is 0. The molecule has 272 valence electrons. The molecule has 7 heteroatoms. The zero-order chi connectivity index (χ0) is 33.2. The SMILES string of the molecule is CCCCCCCCO[Si](CCC)(OCCCCCCCC)O[Si](CCC)(OCCCCCCCC)OCCCCCCCC. The second-order valence-electron chi connectivity index (χ2n) is 13.4. The lowest BCUT2D eigenvalue weighted by molar-refractivity contribution is 0.0375. The largest absolute Gasteiger partial charge is 0.493 e. The predicted molar refractivity (Wildman–Crippen MR) is 200 cm³/mol. The Morgan fingerprint density at radius 2 is 0.489 bits per heavy atom. The third kappa shape index (κ3) is 26.8. The quantitative estimate of drug-likeness (QED) is 0.0482. The Morgan fingerprint density at radius 3 is 0.711 bits per heavy atom. The Bertz CT molecular complexity index is 496. The van der Waals surface area contributed by atoms with Crippen molar-refractivity contribution >= 4 is 17.6 Å². The van der Waals surface area contributed by atoms with E-state index in [1.54, 1.807) is 0 Å². The second-order valence-corrected chi connectivity index (χ2v) is 19.1. The molecule has 0 spiro atoms. The molecule has 0 fully saturated rings. The maximum Gasteiger partial charge on any atom is 0.493 e. The molecular weight excluding hydrogens is 593 g/mol. The summed E-state index contributed by atoms with van der Waals surface area (Å²) in [7, 11) is -5.96. The van der Waals surface area contributed by atoms with Crippen molar-refractivity contribution in [1.82, 2.24) is 0 Å². The summed E-state index contributed by atoms with van der Waals surface area (Å²) in [5.74, 6) is 0. The van der Waals surface area contributed by atoms with Crippen LogP contribution < -0.4 is 0 Å². The van der Waals surface area contributed by atoms with E-state index in [9.17, 15) is 0 Å². The fourth-order valence-electron chi connectivity index (χ4n) is 5.88. The maximum absolute atomic E-state index is 7.28. The molecule has 45 heavy (non-hydrogen) atoms. The van der Waals surface area contributed by atoms with Gasteiger partial charge in [0.2, 0.25) is 0 Å². The van der Waals surface area contributed by atoms with Crippen LogP contribution >= 0.6 is 0 Å². The van der Waals surface area contributed by atoms with Crippen LogP contribution in [-0.2, 0) is 21.8 Å². The van der Waals surface area contributed by atoms with Crippen LogP contribution in [0.15, 0.2) is 0 Å². The van der Waals surface area contributed by atoms with Crippen molar-refractivity contribution < 1.29 is 21.8 Å². The van der Waals surface area contributed by atoms with Gasteiger partial charge in [0, 0.05) is 38.5 Å². The average Bonchev–Trinajstić information content (AvgIpc) is 3.03. The van der Waals surface area contributed by atoms with Crippen LogP contribution in [0.1, 0.15) is 208 Å². The van der Waals surface area contributed by atoms with Gasteiger partial charge in [0.05, 0.1) is 0 Å². The Balaban J connectivity index is 5.68. The standard InChI is InChI=1S/C38H82O5Si2/c1-7-13-17-21-25-29-33-39-44(37-11-5,40-34-30-26-22-18-14-8-2)43-45(38-12-6,41-35-31-27-23-19-15-9-3)42-36-32-28-24-20-16-10-4/h7-38H2,1-6H3. The molecule has 0 bridgehead atoms. The second kappa shape index (κ2) is 34.1. The van der Waals surface area contributed by atoms with E-state index in [0.717, 1.165) is 77.0 Å². The van der Waals surface area contributed by atoms with E-state index in [1.807, 2.05) is 0 Å². The summed E-state index contributed by atoms with van der Waals surface area (Å²) in [5, 5.41) is 0. The molecule has 0 heterocycles. The van der Waals surface area contributed by atoms with Crippen LogP contribution in [-0.4, -0.2) is 44.0 Å². The highest BCUT2D eigenvalue weighted by molar-refractivity contribution is 6.75. The molecule has 0 saturated heterocycles. The maximum atomic E-state index is 7.28. The molecule has 0 N–H and O–H groups in total. The first kappa shape index (κ1) is 45.2. The zero-order valence-electron chi connectivity index (χ0n) is 31.7. The molecule has 0 aliphatic rings. The van der Waals surface area contributed by atoms with Crippen LogP contribution in [0.25, 0.3) is 0 Å². The summed E-state index contributed by atoms with van der Waals surface area (Å²) in [6.45, 7) is 16.5. The fraction of sp³-hybridized carbons (Fsp3) is 1.00. The van der Waals surface area contributed by atoms with Crippen molar-refractivity contribution in [3.63, 3.8) is 0 Å². The van der Waals surface area contributed by atoms with Crippen LogP contribution in [0.2, 0.25) is 12.1 Å². The predicted octanol–water partition coefficient (Wildman–Crippen LogP) is 13.2. The normalized spacial score (nSPS) is 12.4. The Hall–Kier alpha value is 0.234. The molecule has 5 nitrogen and oxygen atoms in total. The van der Waals surface area contributed by atoms with Gasteiger partial charge in [0.25, 0.3) is 0 Å². The van der Waals surface area contributed by atoms with Gasteiger partial charge >= 0.3 is 17.6 Å². The summed E-state index contributed by atoms with van der Waals surface area (Å²) in [5.41, 5.74) is 0. The lowest BCUT2D eigenvalue weighted by Gasteiger charge is -2.38. The van der Waals surface area contributed by atoms with Crippen molar-refractivity contribution in [3.8, 4) is 0 Å². The molecule has 0 unspecified atom stereocenters. The first-order chi connectivity index (χ1) is 22.1. The van der Waals surface area contributed by atoms with E-state index in [0.29, 0.717) is 0 Å². The minimum absolute atomic E-state index is 0.723. The molecule has 0 aromatic rings. The lowest BCUT2D eigenvalue weighted by Crippen LogP contribution is -2.59. The van der Waals surface area contributed by atoms with Crippen LogP contribution in [0.4, 0.5) is 0 Å². The van der Waals surface area contributed by atoms with E-state index in [1.165, 1.54) is 128 Å². The van der Waals surface area contributed by atoms with Crippen molar-refractivity contribution in [3.05, 3.63) is 0 Å². The van der Waals surface area contributed by atoms with E-state index in [-0.39, 0.29) is 0 Å². The van der Waals surface area contributed by atoms with Gasteiger partial charge in [-0.05, 0) is 25.7 Å². The highest BCUT2D eigenvalue weighted by atomic mass is 28.5. The Kier molecular flexibility index (Phi) is 34.3. The van der Waals surface area contributed by atoms with Crippen LogP contribution in [0.5, 0.6) is 0 Å². The highest BCUT2D eigenvalue weighted by Gasteiger charge is 2.53. The molecule has 0 aliphatic carbocycles. The minimum atomic E-state index is -2.98. The summed E-state index contributed by atoms with van der Waals surface area (Å²) < 4.78 is 34.6. The summed E-state index contributed by atoms with van der Waals surface area (Å²) >= 11 is 0. The van der Waals surface area contributed by atoms with E-state index in [2.05, 4.69) is 41.5 Å². The summed E-state index contributed by atoms with van der Waals surface area (Å²) in [6.07, 6.45) is 32.0. The van der Waals surface area contributed by atoms with Crippen molar-refractivity contribution in [2.75, 3.05) is 26.4 Å².